The third-order valence-corrected chi connectivity index (χ3v) is 4.42. The van der Waals surface area contributed by atoms with Crippen LogP contribution < -0.4 is 15.3 Å². The van der Waals surface area contributed by atoms with E-state index in [2.05, 4.69) is 37.7 Å². The number of rotatable bonds is 8. The molecule has 0 saturated carbocycles. The van der Waals surface area contributed by atoms with Crippen LogP contribution in [0, 0.1) is 0 Å². The number of carbonyl (C=O) groups excluding carboxylic acids is 3. The Kier molecular flexibility index (Phi) is 11.3. The minimum absolute atomic E-state index is 0.0176. The van der Waals surface area contributed by atoms with Gasteiger partial charge in [0.1, 0.15) is 11.5 Å². The van der Waals surface area contributed by atoms with Gasteiger partial charge >= 0.3 is 6.09 Å². The fourth-order valence-electron chi connectivity index (χ4n) is 2.12. The zero-order valence-electron chi connectivity index (χ0n) is 17.5. The molecule has 8 nitrogen and oxygen atoms in total. The maximum absolute atomic E-state index is 11.6. The average Bonchev–Trinajstić information content (AvgIpc) is 3.02. The molecule has 0 radical (unpaired) electrons. The summed E-state index contributed by atoms with van der Waals surface area (Å²) in [4.78, 5) is 39.6. The summed E-state index contributed by atoms with van der Waals surface area (Å²) in [5, 5.41) is 14.8. The van der Waals surface area contributed by atoms with Crippen molar-refractivity contribution in [1.82, 2.24) is 4.98 Å². The summed E-state index contributed by atoms with van der Waals surface area (Å²) in [5.41, 5.74) is -0.688. The van der Waals surface area contributed by atoms with Crippen molar-refractivity contribution in [3.63, 3.8) is 0 Å². The van der Waals surface area contributed by atoms with Crippen molar-refractivity contribution in [1.29, 1.82) is 0 Å². The van der Waals surface area contributed by atoms with Crippen LogP contribution in [0.25, 0.3) is 0 Å². The lowest BCUT2D eigenvalue weighted by atomic mass is 10.0. The number of amides is 1. The van der Waals surface area contributed by atoms with E-state index in [9.17, 15) is 19.5 Å². The highest BCUT2D eigenvalue weighted by atomic mass is 32.1. The molecule has 0 spiro atoms. The Bertz CT molecular complexity index is 657. The molecule has 0 bridgehead atoms. The number of nitrogens with one attached hydrogen (secondary N) is 2. The molecule has 1 rings (SSSR count). The molecule has 1 aromatic heterocycles. The smallest absolute Gasteiger partial charge is 0.413 e. The van der Waals surface area contributed by atoms with Gasteiger partial charge in [-0.15, -0.1) is 11.3 Å². The number of carboxylic acid groups (broad SMARTS) is 1. The maximum Gasteiger partial charge on any atom is 0.413 e. The highest BCUT2D eigenvalue weighted by molar-refractivity contribution is 7.14. The summed E-state index contributed by atoms with van der Waals surface area (Å²) in [6, 6.07) is 0. The van der Waals surface area contributed by atoms with Crippen LogP contribution in [0.5, 0.6) is 0 Å². The molecule has 1 atom stereocenters. The normalized spacial score (nSPS) is 11.8. The Balaban J connectivity index is 0.000000887. The Morgan fingerprint density at radius 2 is 1.82 bits per heavy atom. The van der Waals surface area contributed by atoms with Crippen LogP contribution in [0.1, 0.15) is 53.2 Å². The molecule has 158 valence electrons. The van der Waals surface area contributed by atoms with Crippen LogP contribution in [-0.4, -0.2) is 48.1 Å². The molecule has 0 fully saturated rings. The number of ketones is 1. The maximum atomic E-state index is 11.6. The summed E-state index contributed by atoms with van der Waals surface area (Å²) in [7, 11) is 0. The fraction of sp³-hybridized carbons (Fsp3) is 0.579. The zero-order valence-corrected chi connectivity index (χ0v) is 18.3. The lowest BCUT2D eigenvalue weighted by Crippen LogP contribution is -3.11. The second-order valence-corrected chi connectivity index (χ2v) is 7.73. The molecule has 0 aliphatic rings. The number of hydrogen-bond donors (Lipinski definition) is 2. The van der Waals surface area contributed by atoms with Crippen LogP contribution in [0.3, 0.4) is 0 Å². The average molecular weight is 414 g/mol. The standard InChI is InChI=1S/C13H16N2O5S.C6H15N/c1-5-8(16)9(10(17)18)7-6-21-11(14-7)15-12(19)20-13(2,3)4;1-4-7(5-2)6-3/h5-6,9H,1H2,2-4H3,(H,17,18)(H,14,15,19);4-6H2,1-3H3. The van der Waals surface area contributed by atoms with E-state index in [1.54, 1.807) is 25.7 Å². The molecule has 1 amide bonds. The van der Waals surface area contributed by atoms with Crippen LogP contribution >= 0.6 is 11.3 Å². The van der Waals surface area contributed by atoms with Crippen LogP contribution in [-0.2, 0) is 14.3 Å². The number of aromatic nitrogens is 1. The first kappa shape index (κ1) is 25.7. The molecule has 0 aromatic carbocycles. The monoisotopic (exact) mass is 413 g/mol. The van der Waals surface area contributed by atoms with E-state index in [0.29, 0.717) is 0 Å². The quantitative estimate of drug-likeness (QED) is 0.486. The highest BCUT2D eigenvalue weighted by Crippen LogP contribution is 2.23. The number of thiazole rings is 1. The second kappa shape index (κ2) is 12.2. The molecular formula is C19H31N3O5S. The van der Waals surface area contributed by atoms with Crippen LogP contribution in [0.4, 0.5) is 9.93 Å². The molecule has 28 heavy (non-hydrogen) atoms. The fourth-order valence-corrected chi connectivity index (χ4v) is 2.84. The van der Waals surface area contributed by atoms with Gasteiger partial charge in [0.2, 0.25) is 0 Å². The number of aliphatic carboxylic acids is 1. The van der Waals surface area contributed by atoms with Crippen molar-refractivity contribution in [3.05, 3.63) is 23.7 Å². The summed E-state index contributed by atoms with van der Waals surface area (Å²) < 4.78 is 5.03. The van der Waals surface area contributed by atoms with E-state index in [0.717, 1.165) is 17.4 Å². The van der Waals surface area contributed by atoms with Gasteiger partial charge in [-0.05, 0) is 47.6 Å². The van der Waals surface area contributed by atoms with Crippen LogP contribution in [0.15, 0.2) is 18.0 Å². The number of allylic oxidation sites excluding steroid dienone is 1. The first-order chi connectivity index (χ1) is 13.0. The number of quaternary nitrogens is 1. The summed E-state index contributed by atoms with van der Waals surface area (Å²) in [6.45, 7) is 18.8. The van der Waals surface area contributed by atoms with E-state index in [1.165, 1.54) is 25.0 Å². The lowest BCUT2D eigenvalue weighted by Gasteiger charge is -2.19. The van der Waals surface area contributed by atoms with Gasteiger partial charge in [0.15, 0.2) is 10.9 Å². The Hall–Kier alpha value is -2.26. The Morgan fingerprint density at radius 3 is 2.18 bits per heavy atom. The third-order valence-electron chi connectivity index (χ3n) is 3.65. The van der Waals surface area contributed by atoms with Gasteiger partial charge in [-0.3, -0.25) is 10.1 Å². The van der Waals surface area contributed by atoms with E-state index < -0.39 is 29.4 Å². The third kappa shape index (κ3) is 9.61. The van der Waals surface area contributed by atoms with Gasteiger partial charge in [0, 0.05) is 5.38 Å². The molecule has 1 aromatic rings. The van der Waals surface area contributed by atoms with E-state index in [-0.39, 0.29) is 10.8 Å². The summed E-state index contributed by atoms with van der Waals surface area (Å²) >= 11 is 0.977. The van der Waals surface area contributed by atoms with Crippen molar-refractivity contribution < 1.29 is 29.1 Å². The molecular weight excluding hydrogens is 382 g/mol. The minimum atomic E-state index is -1.57. The van der Waals surface area contributed by atoms with E-state index >= 15 is 0 Å². The van der Waals surface area contributed by atoms with Crippen molar-refractivity contribution in [2.45, 2.75) is 53.1 Å². The SMILES string of the molecule is C=CC(=O)C(C(=O)[O-])c1csc(NC(=O)OC(C)(C)C)n1.CC[NH+](CC)CC. The number of carboxylic acids is 1. The van der Waals surface area contributed by atoms with Gasteiger partial charge in [-0.1, -0.05) is 6.58 Å². The predicted molar refractivity (Wildman–Crippen MR) is 108 cm³/mol. The molecule has 1 unspecified atom stereocenters. The molecule has 9 heteroatoms. The highest BCUT2D eigenvalue weighted by Gasteiger charge is 2.23. The lowest BCUT2D eigenvalue weighted by molar-refractivity contribution is -0.894. The van der Waals surface area contributed by atoms with Gasteiger partial charge in [-0.2, -0.15) is 0 Å². The van der Waals surface area contributed by atoms with Crippen molar-refractivity contribution in [2.75, 3.05) is 25.0 Å². The number of nitrogens with zero attached hydrogens (tertiary/aromatic N) is 1. The molecule has 2 N–H and O–H groups in total. The summed E-state index contributed by atoms with van der Waals surface area (Å²) in [6.07, 6.45) is 0.171. The zero-order chi connectivity index (χ0) is 21.9. The summed E-state index contributed by atoms with van der Waals surface area (Å²) in [5.74, 6) is -3.84. The van der Waals surface area contributed by atoms with E-state index in [1.807, 2.05) is 0 Å². The number of anilines is 1. The topological polar surface area (TPSA) is 113 Å². The predicted octanol–water partition coefficient (Wildman–Crippen LogP) is 1.01. The van der Waals surface area contributed by atoms with Gasteiger partial charge in [0.25, 0.3) is 0 Å². The second-order valence-electron chi connectivity index (χ2n) is 6.87. The van der Waals surface area contributed by atoms with E-state index in [4.69, 9.17) is 4.74 Å². The van der Waals surface area contributed by atoms with Crippen LogP contribution in [0.2, 0.25) is 0 Å². The number of ether oxygens (including phenoxy) is 1. The van der Waals surface area contributed by atoms with Gasteiger partial charge in [0.05, 0.1) is 31.3 Å². The van der Waals surface area contributed by atoms with Gasteiger partial charge in [-0.25, -0.2) is 9.78 Å². The first-order valence-corrected chi connectivity index (χ1v) is 10.0. The number of hydrogen-bond acceptors (Lipinski definition) is 7. The molecule has 0 saturated heterocycles. The minimum Gasteiger partial charge on any atom is -0.549 e. The van der Waals surface area contributed by atoms with Gasteiger partial charge < -0.3 is 19.5 Å². The van der Waals surface area contributed by atoms with Crippen molar-refractivity contribution in [2.24, 2.45) is 0 Å². The number of carbonyl (C=O) groups is 3. The van der Waals surface area contributed by atoms with Crippen molar-refractivity contribution >= 4 is 34.3 Å². The first-order valence-electron chi connectivity index (χ1n) is 9.15. The Labute approximate surface area is 170 Å². The molecule has 0 aliphatic carbocycles. The Morgan fingerprint density at radius 1 is 1.29 bits per heavy atom. The molecule has 0 aliphatic heterocycles. The van der Waals surface area contributed by atoms with Crippen molar-refractivity contribution in [3.8, 4) is 0 Å². The molecule has 1 heterocycles. The largest absolute Gasteiger partial charge is 0.549 e.